The summed E-state index contributed by atoms with van der Waals surface area (Å²) in [7, 11) is 0. The Bertz CT molecular complexity index is 387. The summed E-state index contributed by atoms with van der Waals surface area (Å²) >= 11 is 0. The lowest BCUT2D eigenvalue weighted by Gasteiger charge is -2.23. The minimum Gasteiger partial charge on any atom is -0.493 e. The Morgan fingerprint density at radius 2 is 2.06 bits per heavy atom. The van der Waals surface area contributed by atoms with Crippen LogP contribution in [0.25, 0.3) is 0 Å². The molecule has 0 unspecified atom stereocenters. The Kier molecular flexibility index (Phi) is 2.80. The maximum atomic E-state index is 12.4. The number of hydrogen-bond acceptors (Lipinski definition) is 2. The van der Waals surface area contributed by atoms with E-state index in [1.165, 1.54) is 12.1 Å². The molecule has 0 radical (unpaired) electrons. The van der Waals surface area contributed by atoms with Crippen molar-refractivity contribution in [3.05, 3.63) is 29.3 Å². The molecule has 0 aliphatic carbocycles. The number of fused-ring (bicyclic) bond motifs is 1. The number of aliphatic hydroxyl groups excluding tert-OH is 1. The standard InChI is InChI=1S/C11H11F3O2/c12-11(13,14)10(15)8-5-1-3-7-4-2-6-16-9(7)8/h1,3,5,10,15H,2,4,6H2/t10-/m1/s1. The van der Waals surface area contributed by atoms with Gasteiger partial charge in [0.1, 0.15) is 5.75 Å². The zero-order valence-corrected chi connectivity index (χ0v) is 8.42. The second-order valence-electron chi connectivity index (χ2n) is 3.73. The van der Waals surface area contributed by atoms with E-state index in [0.717, 1.165) is 12.0 Å². The Morgan fingerprint density at radius 3 is 2.75 bits per heavy atom. The molecule has 1 atom stereocenters. The first-order valence-electron chi connectivity index (χ1n) is 4.99. The molecule has 1 heterocycles. The average Bonchev–Trinajstić information content (AvgIpc) is 2.26. The second kappa shape index (κ2) is 3.97. The molecule has 0 saturated heterocycles. The summed E-state index contributed by atoms with van der Waals surface area (Å²) in [6.45, 7) is 0.397. The molecule has 1 aliphatic rings. The molecule has 5 heteroatoms. The van der Waals surface area contributed by atoms with Crippen molar-refractivity contribution in [2.24, 2.45) is 0 Å². The van der Waals surface area contributed by atoms with Gasteiger partial charge in [0.05, 0.1) is 6.61 Å². The summed E-state index contributed by atoms with van der Waals surface area (Å²) < 4.78 is 42.4. The summed E-state index contributed by atoms with van der Waals surface area (Å²) in [6, 6.07) is 4.49. The molecule has 1 aliphatic heterocycles. The predicted molar refractivity (Wildman–Crippen MR) is 51.3 cm³/mol. The normalized spacial score (nSPS) is 17.5. The molecule has 0 aromatic heterocycles. The van der Waals surface area contributed by atoms with E-state index in [4.69, 9.17) is 4.74 Å². The zero-order valence-electron chi connectivity index (χ0n) is 8.42. The van der Waals surface area contributed by atoms with Gasteiger partial charge in [-0.1, -0.05) is 18.2 Å². The maximum absolute atomic E-state index is 12.4. The highest BCUT2D eigenvalue weighted by molar-refractivity contribution is 5.44. The van der Waals surface area contributed by atoms with E-state index in [0.29, 0.717) is 13.0 Å². The summed E-state index contributed by atoms with van der Waals surface area (Å²) in [5.74, 6) is 0.193. The van der Waals surface area contributed by atoms with Gasteiger partial charge in [-0.2, -0.15) is 13.2 Å². The Morgan fingerprint density at radius 1 is 1.31 bits per heavy atom. The first-order chi connectivity index (χ1) is 7.50. The molecule has 0 fully saturated rings. The average molecular weight is 232 g/mol. The van der Waals surface area contributed by atoms with Crippen molar-refractivity contribution in [1.82, 2.24) is 0 Å². The monoisotopic (exact) mass is 232 g/mol. The maximum Gasteiger partial charge on any atom is 0.418 e. The van der Waals surface area contributed by atoms with Crippen molar-refractivity contribution in [2.75, 3.05) is 6.61 Å². The van der Waals surface area contributed by atoms with Gasteiger partial charge in [-0.25, -0.2) is 0 Å². The van der Waals surface area contributed by atoms with Crippen molar-refractivity contribution in [2.45, 2.75) is 25.1 Å². The van der Waals surface area contributed by atoms with E-state index < -0.39 is 12.3 Å². The SMILES string of the molecule is O[C@H](c1cccc2c1OCCC2)C(F)(F)F. The predicted octanol–water partition coefficient (Wildman–Crippen LogP) is 2.61. The van der Waals surface area contributed by atoms with E-state index in [2.05, 4.69) is 0 Å². The number of ether oxygens (including phenoxy) is 1. The van der Waals surface area contributed by atoms with Crippen molar-refractivity contribution >= 4 is 0 Å². The van der Waals surface area contributed by atoms with E-state index in [9.17, 15) is 18.3 Å². The van der Waals surface area contributed by atoms with Gasteiger partial charge in [0.25, 0.3) is 0 Å². The Hall–Kier alpha value is -1.23. The molecule has 1 N–H and O–H groups in total. The van der Waals surface area contributed by atoms with Crippen LogP contribution >= 0.6 is 0 Å². The number of halogens is 3. The van der Waals surface area contributed by atoms with Gasteiger partial charge in [0.2, 0.25) is 0 Å². The molecule has 0 saturated carbocycles. The highest BCUT2D eigenvalue weighted by atomic mass is 19.4. The number of rotatable bonds is 1. The highest BCUT2D eigenvalue weighted by Crippen LogP contribution is 2.39. The molecular formula is C11H11F3O2. The van der Waals surface area contributed by atoms with Crippen molar-refractivity contribution in [3.63, 3.8) is 0 Å². The third kappa shape index (κ3) is 2.00. The summed E-state index contributed by atoms with van der Waals surface area (Å²) in [6.07, 6.45) is -5.65. The topological polar surface area (TPSA) is 29.5 Å². The van der Waals surface area contributed by atoms with Crippen molar-refractivity contribution < 1.29 is 23.0 Å². The van der Waals surface area contributed by atoms with Crippen LogP contribution in [0.15, 0.2) is 18.2 Å². The van der Waals surface area contributed by atoms with Crippen LogP contribution in [0, 0.1) is 0 Å². The lowest BCUT2D eigenvalue weighted by molar-refractivity contribution is -0.207. The van der Waals surface area contributed by atoms with Gasteiger partial charge in [-0.3, -0.25) is 0 Å². The van der Waals surface area contributed by atoms with Crippen LogP contribution in [-0.4, -0.2) is 17.9 Å². The number of aliphatic hydroxyl groups is 1. The fraction of sp³-hybridized carbons (Fsp3) is 0.455. The summed E-state index contributed by atoms with van der Waals surface area (Å²) in [5, 5.41) is 9.21. The third-order valence-corrected chi connectivity index (χ3v) is 2.57. The van der Waals surface area contributed by atoms with Crippen LogP contribution < -0.4 is 4.74 Å². The molecule has 0 bridgehead atoms. The van der Waals surface area contributed by atoms with Crippen molar-refractivity contribution in [3.8, 4) is 5.75 Å². The number of aryl methyl sites for hydroxylation is 1. The largest absolute Gasteiger partial charge is 0.493 e. The van der Waals surface area contributed by atoms with Gasteiger partial charge in [-0.15, -0.1) is 0 Å². The molecule has 2 rings (SSSR count). The Labute approximate surface area is 90.7 Å². The van der Waals surface area contributed by atoms with Gasteiger partial charge in [0.15, 0.2) is 6.10 Å². The molecule has 2 nitrogen and oxygen atoms in total. The van der Waals surface area contributed by atoms with Gasteiger partial charge < -0.3 is 9.84 Å². The minimum absolute atomic E-state index is 0.190. The van der Waals surface area contributed by atoms with Gasteiger partial charge in [0, 0.05) is 5.56 Å². The summed E-state index contributed by atoms with van der Waals surface area (Å²) in [5.41, 5.74) is 0.539. The fourth-order valence-corrected chi connectivity index (χ4v) is 1.81. The van der Waals surface area contributed by atoms with Crippen LogP contribution in [0.3, 0.4) is 0 Å². The molecule has 88 valence electrons. The molecular weight excluding hydrogens is 221 g/mol. The van der Waals surface area contributed by atoms with Crippen LogP contribution in [0.4, 0.5) is 13.2 Å². The molecule has 1 aromatic carbocycles. The zero-order chi connectivity index (χ0) is 11.8. The van der Waals surface area contributed by atoms with E-state index >= 15 is 0 Å². The van der Waals surface area contributed by atoms with Crippen LogP contribution in [-0.2, 0) is 6.42 Å². The lowest BCUT2D eigenvalue weighted by atomic mass is 9.99. The number of alkyl halides is 3. The van der Waals surface area contributed by atoms with Crippen LogP contribution in [0.5, 0.6) is 5.75 Å². The summed E-state index contributed by atoms with van der Waals surface area (Å²) in [4.78, 5) is 0. The molecule has 1 aromatic rings. The number of para-hydroxylation sites is 1. The van der Waals surface area contributed by atoms with Crippen LogP contribution in [0.2, 0.25) is 0 Å². The van der Waals surface area contributed by atoms with E-state index in [1.54, 1.807) is 6.07 Å². The van der Waals surface area contributed by atoms with E-state index in [-0.39, 0.29) is 11.3 Å². The molecule has 0 spiro atoms. The first-order valence-corrected chi connectivity index (χ1v) is 4.99. The lowest BCUT2D eigenvalue weighted by Crippen LogP contribution is -2.22. The van der Waals surface area contributed by atoms with E-state index in [1.807, 2.05) is 0 Å². The fourth-order valence-electron chi connectivity index (χ4n) is 1.81. The third-order valence-electron chi connectivity index (χ3n) is 2.57. The Balaban J connectivity index is 2.41. The number of hydrogen-bond donors (Lipinski definition) is 1. The van der Waals surface area contributed by atoms with Crippen LogP contribution in [0.1, 0.15) is 23.7 Å². The van der Waals surface area contributed by atoms with Gasteiger partial charge >= 0.3 is 6.18 Å². The second-order valence-corrected chi connectivity index (χ2v) is 3.73. The van der Waals surface area contributed by atoms with Crippen molar-refractivity contribution in [1.29, 1.82) is 0 Å². The number of benzene rings is 1. The quantitative estimate of drug-likeness (QED) is 0.806. The van der Waals surface area contributed by atoms with Gasteiger partial charge in [-0.05, 0) is 18.4 Å². The highest BCUT2D eigenvalue weighted by Gasteiger charge is 2.41. The molecule has 0 amide bonds. The molecule has 16 heavy (non-hydrogen) atoms. The minimum atomic E-state index is -4.66. The first kappa shape index (κ1) is 11.3. The smallest absolute Gasteiger partial charge is 0.418 e.